The second-order valence-corrected chi connectivity index (χ2v) is 12.3. The fourth-order valence-electron chi connectivity index (χ4n) is 3.97. The summed E-state index contributed by atoms with van der Waals surface area (Å²) < 4.78 is 34.0. The molecule has 0 saturated carbocycles. The fraction of sp³-hybridized carbons (Fsp3) is 0.310. The molecule has 40 heavy (non-hydrogen) atoms. The van der Waals surface area contributed by atoms with E-state index in [0.717, 1.165) is 9.87 Å². The molecule has 0 aliphatic rings. The highest BCUT2D eigenvalue weighted by Crippen LogP contribution is 2.32. The van der Waals surface area contributed by atoms with Crippen molar-refractivity contribution in [2.75, 3.05) is 18.0 Å². The molecule has 0 fully saturated rings. The molecule has 0 unspecified atom stereocenters. The molecule has 0 saturated heterocycles. The Morgan fingerprint density at radius 1 is 0.950 bits per heavy atom. The average molecular weight is 607 g/mol. The summed E-state index contributed by atoms with van der Waals surface area (Å²) in [5.74, 6) is -0.631. The zero-order valence-corrected chi connectivity index (χ0v) is 25.3. The van der Waals surface area contributed by atoms with E-state index in [2.05, 4.69) is 5.32 Å². The topological polar surface area (TPSA) is 96.0 Å². The highest BCUT2D eigenvalue weighted by atomic mass is 35.5. The number of rotatable bonds is 11. The van der Waals surface area contributed by atoms with Gasteiger partial charge in [-0.2, -0.15) is 0 Å². The van der Waals surface area contributed by atoms with Crippen LogP contribution in [0.25, 0.3) is 0 Å². The molecular weight excluding hydrogens is 573 g/mol. The summed E-state index contributed by atoms with van der Waals surface area (Å²) in [4.78, 5) is 28.3. The van der Waals surface area contributed by atoms with Gasteiger partial charge < -0.3 is 15.0 Å². The third-order valence-corrected chi connectivity index (χ3v) is 8.66. The van der Waals surface area contributed by atoms with Crippen molar-refractivity contribution in [2.45, 2.75) is 51.2 Å². The number of halogens is 2. The van der Waals surface area contributed by atoms with Crippen LogP contribution in [0.15, 0.2) is 71.6 Å². The monoisotopic (exact) mass is 605 g/mol. The molecule has 0 aromatic heterocycles. The Morgan fingerprint density at radius 3 is 2.17 bits per heavy atom. The van der Waals surface area contributed by atoms with E-state index in [1.165, 1.54) is 42.3 Å². The number of methoxy groups -OCH3 is 1. The van der Waals surface area contributed by atoms with Crippen LogP contribution >= 0.6 is 23.2 Å². The lowest BCUT2D eigenvalue weighted by atomic mass is 10.1. The number of sulfonamides is 1. The molecule has 1 N–H and O–H groups in total. The summed E-state index contributed by atoms with van der Waals surface area (Å²) in [5, 5.41) is 3.41. The summed E-state index contributed by atoms with van der Waals surface area (Å²) in [7, 11) is -2.78. The number of ether oxygens (including phenoxy) is 1. The first-order chi connectivity index (χ1) is 18.8. The van der Waals surface area contributed by atoms with E-state index < -0.39 is 28.5 Å². The van der Waals surface area contributed by atoms with E-state index in [-0.39, 0.29) is 34.1 Å². The molecule has 0 aliphatic heterocycles. The molecule has 3 aromatic rings. The molecule has 8 nitrogen and oxygen atoms in total. The Hall–Kier alpha value is -3.27. The molecule has 0 spiro atoms. The van der Waals surface area contributed by atoms with Crippen LogP contribution in [0.3, 0.4) is 0 Å². The molecule has 0 heterocycles. The number of carbonyl (C=O) groups excluding carboxylic acids is 2. The van der Waals surface area contributed by atoms with Crippen molar-refractivity contribution in [2.24, 2.45) is 0 Å². The second kappa shape index (κ2) is 13.4. The Labute approximate surface area is 245 Å². The number of amides is 2. The van der Waals surface area contributed by atoms with Crippen molar-refractivity contribution in [1.29, 1.82) is 0 Å². The second-order valence-electron chi connectivity index (χ2n) is 9.60. The quantitative estimate of drug-likeness (QED) is 0.313. The number of aryl methyl sites for hydroxylation is 1. The van der Waals surface area contributed by atoms with Gasteiger partial charge in [0.2, 0.25) is 11.8 Å². The normalized spacial score (nSPS) is 12.1. The summed E-state index contributed by atoms with van der Waals surface area (Å²) in [5.41, 5.74) is 1.66. The first-order valence-corrected chi connectivity index (χ1v) is 14.8. The lowest BCUT2D eigenvalue weighted by molar-refractivity contribution is -0.139. The third-order valence-electron chi connectivity index (χ3n) is 6.21. The molecule has 11 heteroatoms. The SMILES string of the molecule is COc1ccc(N(CC(=O)N(Cc2ccccc2Cl)[C@@H](C)C(=O)NC(C)C)S(=O)(=O)c2ccc(C)cc2)cc1Cl. The van der Waals surface area contributed by atoms with Gasteiger partial charge in [-0.1, -0.05) is 59.1 Å². The van der Waals surface area contributed by atoms with Crippen LogP contribution in [0.2, 0.25) is 10.0 Å². The van der Waals surface area contributed by atoms with E-state index >= 15 is 0 Å². The van der Waals surface area contributed by atoms with Crippen LogP contribution in [0.5, 0.6) is 5.75 Å². The van der Waals surface area contributed by atoms with Crippen LogP contribution in [0.1, 0.15) is 31.9 Å². The van der Waals surface area contributed by atoms with Gasteiger partial charge in [-0.15, -0.1) is 0 Å². The summed E-state index contributed by atoms with van der Waals surface area (Å²) >= 11 is 12.7. The van der Waals surface area contributed by atoms with Crippen molar-refractivity contribution < 1.29 is 22.7 Å². The van der Waals surface area contributed by atoms with Gasteiger partial charge in [0.25, 0.3) is 10.0 Å². The zero-order chi connectivity index (χ0) is 29.6. The lowest BCUT2D eigenvalue weighted by Gasteiger charge is -2.32. The molecule has 0 radical (unpaired) electrons. The molecule has 0 aliphatic carbocycles. The number of hydrogen-bond donors (Lipinski definition) is 1. The molecule has 1 atom stereocenters. The predicted molar refractivity (Wildman–Crippen MR) is 158 cm³/mol. The Bertz CT molecular complexity index is 1460. The van der Waals surface area contributed by atoms with E-state index in [0.29, 0.717) is 16.3 Å². The van der Waals surface area contributed by atoms with Crippen molar-refractivity contribution >= 4 is 50.7 Å². The maximum Gasteiger partial charge on any atom is 0.264 e. The Balaban J connectivity index is 2.08. The lowest BCUT2D eigenvalue weighted by Crippen LogP contribution is -2.52. The largest absolute Gasteiger partial charge is 0.495 e. The minimum Gasteiger partial charge on any atom is -0.495 e. The first kappa shape index (κ1) is 31.3. The highest BCUT2D eigenvalue weighted by Gasteiger charge is 2.33. The van der Waals surface area contributed by atoms with Crippen molar-refractivity contribution in [3.05, 3.63) is 87.9 Å². The van der Waals surface area contributed by atoms with Crippen LogP contribution in [-0.4, -0.2) is 50.9 Å². The van der Waals surface area contributed by atoms with Crippen LogP contribution in [0, 0.1) is 6.92 Å². The van der Waals surface area contributed by atoms with Gasteiger partial charge in [0.15, 0.2) is 0 Å². The summed E-state index contributed by atoms with van der Waals surface area (Å²) in [6, 6.07) is 16.7. The third kappa shape index (κ3) is 7.47. The van der Waals surface area contributed by atoms with Crippen molar-refractivity contribution in [3.63, 3.8) is 0 Å². The van der Waals surface area contributed by atoms with Gasteiger partial charge in [-0.3, -0.25) is 13.9 Å². The zero-order valence-electron chi connectivity index (χ0n) is 23.0. The van der Waals surface area contributed by atoms with Gasteiger partial charge in [0, 0.05) is 17.6 Å². The van der Waals surface area contributed by atoms with E-state index in [1.54, 1.807) is 43.3 Å². The Morgan fingerprint density at radius 2 is 1.60 bits per heavy atom. The van der Waals surface area contributed by atoms with Gasteiger partial charge in [-0.25, -0.2) is 8.42 Å². The van der Waals surface area contributed by atoms with Gasteiger partial charge in [0.1, 0.15) is 18.3 Å². The molecule has 2 amide bonds. The van der Waals surface area contributed by atoms with Gasteiger partial charge >= 0.3 is 0 Å². The smallest absolute Gasteiger partial charge is 0.264 e. The minimum atomic E-state index is -4.22. The Kier molecular flexibility index (Phi) is 10.5. The van der Waals surface area contributed by atoms with Crippen molar-refractivity contribution in [1.82, 2.24) is 10.2 Å². The summed E-state index contributed by atoms with van der Waals surface area (Å²) in [6.45, 7) is 6.46. The number of hydrogen-bond acceptors (Lipinski definition) is 5. The van der Waals surface area contributed by atoms with E-state index in [4.69, 9.17) is 27.9 Å². The maximum atomic E-state index is 14.0. The van der Waals surface area contributed by atoms with Gasteiger partial charge in [0.05, 0.1) is 22.7 Å². The highest BCUT2D eigenvalue weighted by molar-refractivity contribution is 7.92. The minimum absolute atomic E-state index is 0.00101. The maximum absolute atomic E-state index is 14.0. The number of anilines is 1. The van der Waals surface area contributed by atoms with E-state index in [9.17, 15) is 18.0 Å². The number of nitrogens with one attached hydrogen (secondary N) is 1. The standard InChI is InChI=1S/C29H33Cl2N3O5S/c1-19(2)32-29(36)21(4)33(17-22-8-6-7-9-25(22)30)28(35)18-34(23-12-15-27(39-5)26(31)16-23)40(37,38)24-13-10-20(3)11-14-24/h6-16,19,21H,17-18H2,1-5H3,(H,32,36)/t21-/m0/s1. The van der Waals surface area contributed by atoms with Gasteiger partial charge in [-0.05, 0) is 69.7 Å². The van der Waals surface area contributed by atoms with Crippen LogP contribution in [0.4, 0.5) is 5.69 Å². The number of benzene rings is 3. The number of carbonyl (C=O) groups is 2. The molecule has 3 rings (SSSR count). The van der Waals surface area contributed by atoms with Crippen molar-refractivity contribution in [3.8, 4) is 5.75 Å². The molecule has 3 aromatic carbocycles. The molecule has 214 valence electrons. The van der Waals surface area contributed by atoms with E-state index in [1.807, 2.05) is 20.8 Å². The molecule has 0 bridgehead atoms. The average Bonchev–Trinajstić information content (AvgIpc) is 2.90. The predicted octanol–water partition coefficient (Wildman–Crippen LogP) is 5.45. The number of nitrogens with zero attached hydrogens (tertiary/aromatic N) is 2. The first-order valence-electron chi connectivity index (χ1n) is 12.6. The van der Waals surface area contributed by atoms with Crippen LogP contribution in [-0.2, 0) is 26.2 Å². The van der Waals surface area contributed by atoms with Crippen LogP contribution < -0.4 is 14.4 Å². The fourth-order valence-corrected chi connectivity index (χ4v) is 5.83. The summed E-state index contributed by atoms with van der Waals surface area (Å²) in [6.07, 6.45) is 0. The molecular formula is C29H33Cl2N3O5S.